The molecule has 2 aromatic rings. The summed E-state index contributed by atoms with van der Waals surface area (Å²) in [6.07, 6.45) is 1.02. The third-order valence-corrected chi connectivity index (χ3v) is 3.28. The molecule has 5 heteroatoms. The van der Waals surface area contributed by atoms with Crippen LogP contribution in [0.15, 0.2) is 30.3 Å². The SMILES string of the molecule is O=C(Nc1ccc2ccc(Cl)cc2n1)C1(O)CC1. The van der Waals surface area contributed by atoms with Gasteiger partial charge in [-0.1, -0.05) is 17.7 Å². The van der Waals surface area contributed by atoms with E-state index in [1.807, 2.05) is 12.1 Å². The molecule has 4 nitrogen and oxygen atoms in total. The summed E-state index contributed by atoms with van der Waals surface area (Å²) in [5, 5.41) is 13.8. The third kappa shape index (κ3) is 2.05. The highest BCUT2D eigenvalue weighted by Gasteiger charge is 2.48. The van der Waals surface area contributed by atoms with Crippen LogP contribution >= 0.6 is 11.6 Å². The molecular formula is C13H11ClN2O2. The van der Waals surface area contributed by atoms with Crippen LogP contribution in [0.1, 0.15) is 12.8 Å². The highest BCUT2D eigenvalue weighted by atomic mass is 35.5. The van der Waals surface area contributed by atoms with Gasteiger partial charge in [0.1, 0.15) is 11.4 Å². The number of aliphatic hydroxyl groups is 1. The Hall–Kier alpha value is -1.65. The molecule has 1 amide bonds. The van der Waals surface area contributed by atoms with Crippen LogP contribution in [-0.2, 0) is 4.79 Å². The number of nitrogens with one attached hydrogen (secondary N) is 1. The fourth-order valence-corrected chi connectivity index (χ4v) is 1.90. The van der Waals surface area contributed by atoms with E-state index in [1.54, 1.807) is 18.2 Å². The quantitative estimate of drug-likeness (QED) is 0.873. The molecule has 1 aromatic heterocycles. The van der Waals surface area contributed by atoms with Crippen molar-refractivity contribution in [2.45, 2.75) is 18.4 Å². The molecular weight excluding hydrogens is 252 g/mol. The zero-order valence-corrected chi connectivity index (χ0v) is 10.2. The van der Waals surface area contributed by atoms with E-state index in [1.165, 1.54) is 0 Å². The molecule has 0 aliphatic heterocycles. The topological polar surface area (TPSA) is 62.2 Å². The minimum absolute atomic E-state index is 0.392. The lowest BCUT2D eigenvalue weighted by Crippen LogP contribution is -2.29. The van der Waals surface area contributed by atoms with Crippen molar-refractivity contribution in [3.8, 4) is 0 Å². The van der Waals surface area contributed by atoms with Crippen LogP contribution in [0.4, 0.5) is 5.82 Å². The molecule has 0 bridgehead atoms. The van der Waals surface area contributed by atoms with Crippen molar-refractivity contribution in [2.75, 3.05) is 5.32 Å². The summed E-state index contributed by atoms with van der Waals surface area (Å²) in [4.78, 5) is 16.0. The van der Waals surface area contributed by atoms with Crippen LogP contribution in [0, 0.1) is 0 Å². The molecule has 92 valence electrons. The maximum atomic E-state index is 11.7. The Labute approximate surface area is 109 Å². The van der Waals surface area contributed by atoms with E-state index in [0.29, 0.717) is 29.2 Å². The second kappa shape index (κ2) is 3.93. The number of aromatic nitrogens is 1. The summed E-state index contributed by atoms with van der Waals surface area (Å²) in [5.74, 6) is 0.0338. The number of nitrogens with zero attached hydrogens (tertiary/aromatic N) is 1. The van der Waals surface area contributed by atoms with E-state index in [9.17, 15) is 9.90 Å². The Morgan fingerprint density at radius 1 is 1.33 bits per heavy atom. The first-order valence-electron chi connectivity index (χ1n) is 5.67. The van der Waals surface area contributed by atoms with Crippen LogP contribution in [-0.4, -0.2) is 21.6 Å². The lowest BCUT2D eigenvalue weighted by atomic mass is 10.2. The van der Waals surface area contributed by atoms with Crippen LogP contribution in [0.2, 0.25) is 5.02 Å². The van der Waals surface area contributed by atoms with E-state index in [-0.39, 0.29) is 0 Å². The average Bonchev–Trinajstić information content (AvgIpc) is 3.08. The molecule has 0 spiro atoms. The lowest BCUT2D eigenvalue weighted by Gasteiger charge is -2.09. The molecule has 1 fully saturated rings. The van der Waals surface area contributed by atoms with Crippen LogP contribution in [0.3, 0.4) is 0 Å². The van der Waals surface area contributed by atoms with E-state index in [4.69, 9.17) is 11.6 Å². The molecule has 3 rings (SSSR count). The number of anilines is 1. The first-order valence-corrected chi connectivity index (χ1v) is 6.05. The van der Waals surface area contributed by atoms with E-state index >= 15 is 0 Å². The van der Waals surface area contributed by atoms with Gasteiger partial charge in [-0.05, 0) is 37.1 Å². The molecule has 1 aliphatic rings. The van der Waals surface area contributed by atoms with Crippen LogP contribution in [0.5, 0.6) is 0 Å². The van der Waals surface area contributed by atoms with Gasteiger partial charge in [0.15, 0.2) is 0 Å². The van der Waals surface area contributed by atoms with Gasteiger partial charge in [0, 0.05) is 10.4 Å². The number of rotatable bonds is 2. The predicted molar refractivity (Wildman–Crippen MR) is 69.6 cm³/mol. The third-order valence-electron chi connectivity index (χ3n) is 3.04. The zero-order valence-electron chi connectivity index (χ0n) is 9.48. The van der Waals surface area contributed by atoms with Crippen molar-refractivity contribution in [2.24, 2.45) is 0 Å². The molecule has 0 radical (unpaired) electrons. The van der Waals surface area contributed by atoms with Crippen molar-refractivity contribution in [3.05, 3.63) is 35.4 Å². The minimum atomic E-state index is -1.19. The van der Waals surface area contributed by atoms with Gasteiger partial charge in [-0.25, -0.2) is 4.98 Å². The van der Waals surface area contributed by atoms with Gasteiger partial charge >= 0.3 is 0 Å². The Kier molecular flexibility index (Phi) is 2.50. The number of benzene rings is 1. The van der Waals surface area contributed by atoms with Crippen molar-refractivity contribution in [1.29, 1.82) is 0 Å². The number of carbonyl (C=O) groups is 1. The molecule has 0 saturated heterocycles. The zero-order chi connectivity index (χ0) is 12.8. The largest absolute Gasteiger partial charge is 0.380 e. The molecule has 18 heavy (non-hydrogen) atoms. The Bertz CT molecular complexity index is 638. The van der Waals surface area contributed by atoms with Gasteiger partial charge in [-0.15, -0.1) is 0 Å². The number of halogens is 1. The molecule has 1 aromatic carbocycles. The molecule has 1 heterocycles. The second-order valence-corrected chi connectivity index (χ2v) is 4.96. The van der Waals surface area contributed by atoms with Crippen LogP contribution in [0.25, 0.3) is 10.9 Å². The summed E-state index contributed by atoms with van der Waals surface area (Å²) in [6, 6.07) is 8.95. The fourth-order valence-electron chi connectivity index (χ4n) is 1.74. The number of hydrogen-bond donors (Lipinski definition) is 2. The summed E-state index contributed by atoms with van der Waals surface area (Å²) < 4.78 is 0. The first-order chi connectivity index (χ1) is 8.57. The average molecular weight is 263 g/mol. The number of carbonyl (C=O) groups excluding carboxylic acids is 1. The molecule has 1 aliphatic carbocycles. The Morgan fingerprint density at radius 3 is 2.78 bits per heavy atom. The molecule has 1 saturated carbocycles. The number of amides is 1. The lowest BCUT2D eigenvalue weighted by molar-refractivity contribution is -0.125. The van der Waals surface area contributed by atoms with Crippen molar-refractivity contribution < 1.29 is 9.90 Å². The van der Waals surface area contributed by atoms with Gasteiger partial charge in [0.2, 0.25) is 0 Å². The second-order valence-electron chi connectivity index (χ2n) is 4.52. The summed E-state index contributed by atoms with van der Waals surface area (Å²) >= 11 is 5.89. The minimum Gasteiger partial charge on any atom is -0.380 e. The van der Waals surface area contributed by atoms with Gasteiger partial charge in [0.05, 0.1) is 5.52 Å². The molecule has 0 atom stereocenters. The highest BCUT2D eigenvalue weighted by molar-refractivity contribution is 6.31. The Balaban J connectivity index is 1.90. The smallest absolute Gasteiger partial charge is 0.257 e. The van der Waals surface area contributed by atoms with Gasteiger partial charge in [-0.2, -0.15) is 0 Å². The summed E-state index contributed by atoms with van der Waals surface area (Å²) in [7, 11) is 0. The summed E-state index contributed by atoms with van der Waals surface area (Å²) in [5.41, 5.74) is -0.478. The van der Waals surface area contributed by atoms with Crippen LogP contribution < -0.4 is 5.32 Å². The maximum Gasteiger partial charge on any atom is 0.257 e. The normalized spacial score (nSPS) is 16.6. The predicted octanol–water partition coefficient (Wildman–Crippen LogP) is 2.35. The van der Waals surface area contributed by atoms with Crippen molar-refractivity contribution in [1.82, 2.24) is 4.98 Å². The van der Waals surface area contributed by atoms with Gasteiger partial charge in [0.25, 0.3) is 5.91 Å². The number of fused-ring (bicyclic) bond motifs is 1. The van der Waals surface area contributed by atoms with Crippen molar-refractivity contribution >= 4 is 34.2 Å². The van der Waals surface area contributed by atoms with Crippen molar-refractivity contribution in [3.63, 3.8) is 0 Å². The van der Waals surface area contributed by atoms with E-state index in [0.717, 1.165) is 5.39 Å². The molecule has 2 N–H and O–H groups in total. The monoisotopic (exact) mass is 262 g/mol. The molecule has 0 unspecified atom stereocenters. The Morgan fingerprint density at radius 2 is 2.06 bits per heavy atom. The summed E-state index contributed by atoms with van der Waals surface area (Å²) in [6.45, 7) is 0. The van der Waals surface area contributed by atoms with E-state index < -0.39 is 11.5 Å². The first kappa shape index (κ1) is 11.4. The highest BCUT2D eigenvalue weighted by Crippen LogP contribution is 2.36. The maximum absolute atomic E-state index is 11.7. The number of pyridine rings is 1. The van der Waals surface area contributed by atoms with Gasteiger partial charge in [-0.3, -0.25) is 4.79 Å². The van der Waals surface area contributed by atoms with Gasteiger partial charge < -0.3 is 10.4 Å². The van der Waals surface area contributed by atoms with E-state index in [2.05, 4.69) is 10.3 Å². The fraction of sp³-hybridized carbons (Fsp3) is 0.231. The standard InChI is InChI=1S/C13H11ClN2O2/c14-9-3-1-8-2-4-11(15-10(8)7-9)16-12(17)13(18)5-6-13/h1-4,7,18H,5-6H2,(H,15,16,17). The number of hydrogen-bond acceptors (Lipinski definition) is 3.